The molecule has 3 heterocycles. The van der Waals surface area contributed by atoms with Gasteiger partial charge in [-0.15, -0.1) is 0 Å². The van der Waals surface area contributed by atoms with Gasteiger partial charge in [-0.3, -0.25) is 24.6 Å². The second-order valence-electron chi connectivity index (χ2n) is 13.4. The Morgan fingerprint density at radius 1 is 0.942 bits per heavy atom. The smallest absolute Gasteiger partial charge is 0.419 e. The zero-order valence-corrected chi connectivity index (χ0v) is 28.5. The van der Waals surface area contributed by atoms with E-state index < -0.39 is 17.1 Å². The number of para-hydroxylation sites is 1. The van der Waals surface area contributed by atoms with E-state index in [0.717, 1.165) is 33.2 Å². The minimum absolute atomic E-state index is 0.0115. The predicted octanol–water partition coefficient (Wildman–Crippen LogP) is 5.34. The molecule has 0 bridgehead atoms. The SMILES string of the molecule is C=CC[N+]1(C(=O)NCc2ccccc2)CC(=O)N2[C@@H](Cc3ccc(O)cc3)C(=O)N(Cc3cccc4ccn(Cc5cccc([N+](=O)[O-])c5)c34)C[C@@H]21. The summed E-state index contributed by atoms with van der Waals surface area (Å²) in [4.78, 5) is 57.2. The molecule has 0 aliphatic carbocycles. The van der Waals surface area contributed by atoms with Crippen LogP contribution in [0.5, 0.6) is 5.75 Å². The van der Waals surface area contributed by atoms with E-state index in [1.807, 2.05) is 71.4 Å². The highest BCUT2D eigenvalue weighted by molar-refractivity contribution is 5.92. The Kier molecular flexibility index (Phi) is 9.31. The van der Waals surface area contributed by atoms with E-state index >= 15 is 0 Å². The first kappa shape index (κ1) is 34.2. The third-order valence-electron chi connectivity index (χ3n) is 10.1. The highest BCUT2D eigenvalue weighted by Gasteiger charge is 2.62. The number of urea groups is 1. The number of benzene rings is 4. The number of nitro benzene ring substituents is 1. The fourth-order valence-electron chi connectivity index (χ4n) is 7.67. The number of amides is 4. The van der Waals surface area contributed by atoms with E-state index in [1.54, 1.807) is 52.3 Å². The summed E-state index contributed by atoms with van der Waals surface area (Å²) < 4.78 is 1.77. The lowest BCUT2D eigenvalue weighted by molar-refractivity contribution is -0.862. The molecule has 1 unspecified atom stereocenters. The van der Waals surface area contributed by atoms with Crippen molar-refractivity contribution >= 4 is 34.4 Å². The number of nitrogens with zero attached hydrogens (tertiary/aromatic N) is 5. The fourth-order valence-corrected chi connectivity index (χ4v) is 7.67. The van der Waals surface area contributed by atoms with E-state index in [0.29, 0.717) is 6.54 Å². The molecule has 3 atom stereocenters. The largest absolute Gasteiger partial charge is 0.508 e. The number of non-ortho nitro benzene ring substituents is 1. The molecule has 12 nitrogen and oxygen atoms in total. The van der Waals surface area contributed by atoms with Crippen molar-refractivity contribution in [3.63, 3.8) is 0 Å². The minimum Gasteiger partial charge on any atom is -0.508 e. The van der Waals surface area contributed by atoms with Crippen LogP contribution in [-0.4, -0.2) is 78.6 Å². The van der Waals surface area contributed by atoms with Crippen molar-refractivity contribution in [2.45, 2.75) is 38.3 Å². The van der Waals surface area contributed by atoms with Crippen LogP contribution in [0.15, 0.2) is 122 Å². The van der Waals surface area contributed by atoms with Gasteiger partial charge in [-0.05, 0) is 51.9 Å². The molecule has 4 amide bonds. The van der Waals surface area contributed by atoms with Crippen LogP contribution < -0.4 is 5.32 Å². The van der Waals surface area contributed by atoms with Gasteiger partial charge in [0.25, 0.3) is 11.6 Å². The number of hydrogen-bond acceptors (Lipinski definition) is 6. The molecule has 0 saturated carbocycles. The number of phenols is 1. The number of nitrogens with one attached hydrogen (secondary N) is 1. The number of carbonyl (C=O) groups excluding carboxylic acids is 3. The first-order valence-corrected chi connectivity index (χ1v) is 17.1. The number of piperazine rings is 1. The summed E-state index contributed by atoms with van der Waals surface area (Å²) in [5, 5.41) is 25.4. The van der Waals surface area contributed by atoms with Crippen LogP contribution in [0, 0.1) is 10.1 Å². The van der Waals surface area contributed by atoms with Crippen LogP contribution in [0.1, 0.15) is 22.3 Å². The molecule has 2 N–H and O–H groups in total. The van der Waals surface area contributed by atoms with Crippen LogP contribution in [0.25, 0.3) is 10.9 Å². The highest BCUT2D eigenvalue weighted by Crippen LogP contribution is 2.36. The van der Waals surface area contributed by atoms with Crippen molar-refractivity contribution in [1.29, 1.82) is 0 Å². The van der Waals surface area contributed by atoms with E-state index in [4.69, 9.17) is 0 Å². The van der Waals surface area contributed by atoms with Crippen LogP contribution in [0.2, 0.25) is 0 Å². The van der Waals surface area contributed by atoms with Crippen molar-refractivity contribution < 1.29 is 28.9 Å². The third kappa shape index (κ3) is 6.51. The molecule has 2 fully saturated rings. The van der Waals surface area contributed by atoms with Gasteiger partial charge >= 0.3 is 6.03 Å². The van der Waals surface area contributed by atoms with E-state index in [1.165, 1.54) is 6.07 Å². The molecule has 52 heavy (non-hydrogen) atoms. The molecule has 2 saturated heterocycles. The Morgan fingerprint density at radius 2 is 1.69 bits per heavy atom. The van der Waals surface area contributed by atoms with Crippen LogP contribution in [0.3, 0.4) is 0 Å². The van der Waals surface area contributed by atoms with Crippen LogP contribution in [0.4, 0.5) is 10.5 Å². The molecule has 0 spiro atoms. The molecule has 2 aliphatic heterocycles. The number of phenolic OH excluding ortho intramolecular Hbond substituents is 1. The number of hydrogen-bond donors (Lipinski definition) is 2. The topological polar surface area (TPSA) is 138 Å². The summed E-state index contributed by atoms with van der Waals surface area (Å²) >= 11 is 0. The van der Waals surface area contributed by atoms with Gasteiger partial charge in [0.05, 0.1) is 17.0 Å². The van der Waals surface area contributed by atoms with E-state index in [2.05, 4.69) is 11.9 Å². The summed E-state index contributed by atoms with van der Waals surface area (Å²) in [6, 6.07) is 29.3. The van der Waals surface area contributed by atoms with Gasteiger partial charge in [0.2, 0.25) is 5.91 Å². The van der Waals surface area contributed by atoms with Crippen molar-refractivity contribution in [3.05, 3.63) is 154 Å². The van der Waals surface area contributed by atoms with Crippen LogP contribution >= 0.6 is 0 Å². The number of carbonyl (C=O) groups is 3. The zero-order chi connectivity index (χ0) is 36.4. The summed E-state index contributed by atoms with van der Waals surface area (Å²) in [6.45, 7) is 4.99. The lowest BCUT2D eigenvalue weighted by Gasteiger charge is -2.46. The lowest BCUT2D eigenvalue weighted by Crippen LogP contribution is -2.70. The minimum atomic E-state index is -0.890. The van der Waals surface area contributed by atoms with Crippen molar-refractivity contribution in [3.8, 4) is 5.75 Å². The molecule has 7 rings (SSSR count). The molecule has 2 aliphatic rings. The van der Waals surface area contributed by atoms with Gasteiger partial charge in [-0.1, -0.05) is 79.4 Å². The van der Waals surface area contributed by atoms with Gasteiger partial charge < -0.3 is 19.9 Å². The lowest BCUT2D eigenvalue weighted by atomic mass is 9.99. The molecule has 4 aromatic carbocycles. The highest BCUT2D eigenvalue weighted by atomic mass is 16.6. The van der Waals surface area contributed by atoms with Gasteiger partial charge in [0.15, 0.2) is 12.7 Å². The Bertz CT molecular complexity index is 2170. The van der Waals surface area contributed by atoms with Gasteiger partial charge in [0, 0.05) is 44.4 Å². The Balaban J connectivity index is 1.25. The molecule has 5 aromatic rings. The van der Waals surface area contributed by atoms with Crippen LogP contribution in [-0.2, 0) is 35.6 Å². The Labute approximate surface area is 300 Å². The monoisotopic (exact) mass is 699 g/mol. The summed E-state index contributed by atoms with van der Waals surface area (Å²) in [7, 11) is 0. The van der Waals surface area contributed by atoms with Crippen molar-refractivity contribution in [1.82, 2.24) is 19.7 Å². The first-order valence-electron chi connectivity index (χ1n) is 17.1. The average Bonchev–Trinajstić information content (AvgIpc) is 3.68. The number of quaternary nitrogens is 1. The normalized spacial score (nSPS) is 19.8. The van der Waals surface area contributed by atoms with E-state index in [-0.39, 0.29) is 72.9 Å². The van der Waals surface area contributed by atoms with Gasteiger partial charge in [-0.2, -0.15) is 0 Å². The Hall–Kier alpha value is -6.27. The maximum absolute atomic E-state index is 14.6. The summed E-state index contributed by atoms with van der Waals surface area (Å²) in [6.07, 6.45) is 3.09. The average molecular weight is 700 g/mol. The number of rotatable bonds is 11. The maximum atomic E-state index is 14.6. The van der Waals surface area contributed by atoms with E-state index in [9.17, 15) is 29.6 Å². The van der Waals surface area contributed by atoms with Gasteiger partial charge in [-0.25, -0.2) is 9.28 Å². The zero-order valence-electron chi connectivity index (χ0n) is 28.5. The number of aromatic hydroxyl groups is 1. The number of aromatic nitrogens is 1. The molecule has 264 valence electrons. The second kappa shape index (κ2) is 14.2. The molecular weight excluding hydrogens is 660 g/mol. The first-order chi connectivity index (χ1) is 25.2. The Morgan fingerprint density at radius 3 is 2.44 bits per heavy atom. The summed E-state index contributed by atoms with van der Waals surface area (Å²) in [5.41, 5.74) is 4.20. The number of nitro groups is 1. The molecule has 0 radical (unpaired) electrons. The molecular formula is C40H39N6O6+. The quantitative estimate of drug-likeness (QED) is 0.0827. The van der Waals surface area contributed by atoms with Gasteiger partial charge in [0.1, 0.15) is 18.3 Å². The fraction of sp³-hybridized carbons (Fsp3) is 0.225. The number of fused-ring (bicyclic) bond motifs is 2. The maximum Gasteiger partial charge on any atom is 0.419 e. The second-order valence-corrected chi connectivity index (χ2v) is 13.4. The van der Waals surface area contributed by atoms with Crippen molar-refractivity contribution in [2.24, 2.45) is 0 Å². The molecule has 12 heteroatoms. The molecule has 1 aromatic heterocycles. The third-order valence-corrected chi connectivity index (χ3v) is 10.1. The summed E-state index contributed by atoms with van der Waals surface area (Å²) in [5.74, 6) is -0.436. The predicted molar refractivity (Wildman–Crippen MR) is 195 cm³/mol. The van der Waals surface area contributed by atoms with Crippen molar-refractivity contribution in [2.75, 3.05) is 19.6 Å². The standard InChI is InChI=1S/C40H38N6O6/c1-2-20-46(40(50)41-23-29-8-4-3-5-9-29)27-37(48)44-35(22-28-14-16-34(47)17-15-28)39(49)43(26-36(44)46)25-32-12-7-11-31-18-19-42(38(31)32)24-30-10-6-13-33(21-30)45(51)52/h2-19,21,35-36H,1,20,22-27H2,(H-,41,47,50)/p+1/t35-,36-,46?/m0/s1.